The lowest BCUT2D eigenvalue weighted by molar-refractivity contribution is 0.0509. The minimum absolute atomic E-state index is 0.449. The maximum atomic E-state index is 11.8. The molecule has 0 heterocycles. The highest BCUT2D eigenvalue weighted by Crippen LogP contribution is 2.20. The first-order valence-electron chi connectivity index (χ1n) is 6.13. The van der Waals surface area contributed by atoms with Crippen LogP contribution >= 0.6 is 22.3 Å². The van der Waals surface area contributed by atoms with E-state index < -0.39 is 32.5 Å². The second kappa shape index (κ2) is 6.85. The molecule has 0 fully saturated rings. The molecule has 0 saturated carbocycles. The van der Waals surface area contributed by atoms with E-state index in [9.17, 15) is 13.2 Å². The maximum Gasteiger partial charge on any atom is 0.408 e. The van der Waals surface area contributed by atoms with E-state index >= 15 is 0 Å². The van der Waals surface area contributed by atoms with Gasteiger partial charge in [0.2, 0.25) is 9.05 Å². The molecule has 1 aromatic rings. The highest BCUT2D eigenvalue weighted by atomic mass is 35.7. The number of nitrogens with one attached hydrogen (secondary N) is 1. The highest BCUT2D eigenvalue weighted by molar-refractivity contribution is 8.13. The van der Waals surface area contributed by atoms with E-state index in [1.165, 1.54) is 0 Å². The van der Waals surface area contributed by atoms with Crippen molar-refractivity contribution in [1.29, 1.82) is 0 Å². The Morgan fingerprint density at radius 2 is 1.81 bits per heavy atom. The summed E-state index contributed by atoms with van der Waals surface area (Å²) < 4.78 is 27.7. The number of hydrogen-bond donors (Lipinski definition) is 1. The van der Waals surface area contributed by atoms with Gasteiger partial charge in [-0.1, -0.05) is 23.7 Å². The summed E-state index contributed by atoms with van der Waals surface area (Å²) in [4.78, 5) is 11.8. The van der Waals surface area contributed by atoms with Gasteiger partial charge in [-0.05, 0) is 38.5 Å². The summed E-state index contributed by atoms with van der Waals surface area (Å²) in [6, 6.07) is 5.61. The van der Waals surface area contributed by atoms with E-state index in [-0.39, 0.29) is 0 Å². The second-order valence-corrected chi connectivity index (χ2v) is 8.71. The molecule has 1 rings (SSSR count). The quantitative estimate of drug-likeness (QED) is 0.841. The Bertz CT molecular complexity index is 594. The van der Waals surface area contributed by atoms with E-state index in [0.717, 1.165) is 0 Å². The molecule has 0 aliphatic rings. The molecule has 118 valence electrons. The standard InChI is InChI=1S/C13H17Cl2NO4S/c1-13(2,3)20-12(17)16-11(8-21(15,18)19)9-4-6-10(14)7-5-9/h4-7,11H,8H2,1-3H3,(H,16,17). The molecule has 21 heavy (non-hydrogen) atoms. The average molecular weight is 354 g/mol. The van der Waals surface area contributed by atoms with E-state index in [2.05, 4.69) is 5.32 Å². The van der Waals surface area contributed by atoms with Gasteiger partial charge < -0.3 is 10.1 Å². The molecule has 1 amide bonds. The summed E-state index contributed by atoms with van der Waals surface area (Å²) in [7, 11) is 1.48. The van der Waals surface area contributed by atoms with Gasteiger partial charge in [-0.3, -0.25) is 0 Å². The predicted octanol–water partition coefficient (Wildman–Crippen LogP) is 3.47. The monoisotopic (exact) mass is 353 g/mol. The zero-order chi connectivity index (χ0) is 16.3. The third kappa shape index (κ3) is 7.55. The first-order chi connectivity index (χ1) is 9.46. The van der Waals surface area contributed by atoms with Crippen molar-refractivity contribution in [3.63, 3.8) is 0 Å². The summed E-state index contributed by atoms with van der Waals surface area (Å²) >= 11 is 5.79. The third-order valence-corrected chi connectivity index (χ3v) is 3.69. The molecule has 0 bridgehead atoms. The first kappa shape index (κ1) is 18.1. The van der Waals surface area contributed by atoms with Gasteiger partial charge in [0.05, 0.1) is 11.8 Å². The molecule has 0 aliphatic carbocycles. The van der Waals surface area contributed by atoms with Gasteiger partial charge in [0.25, 0.3) is 0 Å². The van der Waals surface area contributed by atoms with Gasteiger partial charge in [0, 0.05) is 15.7 Å². The van der Waals surface area contributed by atoms with Crippen LogP contribution in [0, 0.1) is 0 Å². The van der Waals surface area contributed by atoms with Gasteiger partial charge in [0.1, 0.15) is 5.60 Å². The Morgan fingerprint density at radius 1 is 1.29 bits per heavy atom. The molecule has 0 saturated heterocycles. The average Bonchev–Trinajstić information content (AvgIpc) is 2.24. The van der Waals surface area contributed by atoms with Crippen molar-refractivity contribution in [2.75, 3.05) is 5.75 Å². The normalized spacial score (nSPS) is 13.6. The molecule has 5 nitrogen and oxygen atoms in total. The smallest absolute Gasteiger partial charge is 0.408 e. The minimum atomic E-state index is -3.80. The molecule has 0 radical (unpaired) electrons. The fourth-order valence-electron chi connectivity index (χ4n) is 1.57. The number of carbonyl (C=O) groups excluding carboxylic acids is 1. The van der Waals surface area contributed by atoms with Crippen LogP contribution in [0.4, 0.5) is 4.79 Å². The van der Waals surface area contributed by atoms with Crippen LogP contribution < -0.4 is 5.32 Å². The van der Waals surface area contributed by atoms with Crippen molar-refractivity contribution < 1.29 is 17.9 Å². The molecule has 1 atom stereocenters. The summed E-state index contributed by atoms with van der Waals surface area (Å²) in [5.74, 6) is -0.449. The molecule has 1 aromatic carbocycles. The summed E-state index contributed by atoms with van der Waals surface area (Å²) in [5.41, 5.74) is -0.122. The largest absolute Gasteiger partial charge is 0.444 e. The Balaban J connectivity index is 2.93. The van der Waals surface area contributed by atoms with Crippen LogP contribution in [0.25, 0.3) is 0 Å². The van der Waals surface area contributed by atoms with Crippen molar-refractivity contribution >= 4 is 37.4 Å². The summed E-state index contributed by atoms with van der Waals surface area (Å²) in [5, 5.41) is 3.00. The first-order valence-corrected chi connectivity index (χ1v) is 8.99. The Morgan fingerprint density at radius 3 is 2.24 bits per heavy atom. The lowest BCUT2D eigenvalue weighted by atomic mass is 10.1. The van der Waals surface area contributed by atoms with Gasteiger partial charge >= 0.3 is 6.09 Å². The zero-order valence-electron chi connectivity index (χ0n) is 11.9. The lowest BCUT2D eigenvalue weighted by Gasteiger charge is -2.23. The number of carbonyl (C=O) groups is 1. The van der Waals surface area contributed by atoms with Crippen LogP contribution in [0.15, 0.2) is 24.3 Å². The third-order valence-electron chi connectivity index (χ3n) is 2.33. The second-order valence-electron chi connectivity index (χ2n) is 5.46. The van der Waals surface area contributed by atoms with Crippen molar-refractivity contribution in [1.82, 2.24) is 5.32 Å². The molecule has 1 unspecified atom stereocenters. The van der Waals surface area contributed by atoms with Gasteiger partial charge in [-0.25, -0.2) is 13.2 Å². The number of hydrogen-bond acceptors (Lipinski definition) is 4. The van der Waals surface area contributed by atoms with Crippen molar-refractivity contribution in [3.8, 4) is 0 Å². The van der Waals surface area contributed by atoms with Crippen LogP contribution in [-0.4, -0.2) is 25.9 Å². The maximum absolute atomic E-state index is 11.8. The van der Waals surface area contributed by atoms with Crippen LogP contribution in [0.1, 0.15) is 32.4 Å². The fourth-order valence-corrected chi connectivity index (χ4v) is 2.74. The van der Waals surface area contributed by atoms with Crippen LogP contribution in [-0.2, 0) is 13.8 Å². The number of rotatable bonds is 4. The van der Waals surface area contributed by atoms with Crippen molar-refractivity contribution in [2.45, 2.75) is 32.4 Å². The van der Waals surface area contributed by atoms with Crippen LogP contribution in [0.3, 0.4) is 0 Å². The molecular weight excluding hydrogens is 337 g/mol. The Kier molecular flexibility index (Phi) is 5.90. The Hall–Kier alpha value is -0.980. The van der Waals surface area contributed by atoms with E-state index in [4.69, 9.17) is 27.0 Å². The molecule has 0 aromatic heterocycles. The summed E-state index contributed by atoms with van der Waals surface area (Å²) in [6.45, 7) is 5.13. The highest BCUT2D eigenvalue weighted by Gasteiger charge is 2.24. The van der Waals surface area contributed by atoms with Crippen molar-refractivity contribution in [2.24, 2.45) is 0 Å². The van der Waals surface area contributed by atoms with Crippen LogP contribution in [0.5, 0.6) is 0 Å². The molecule has 8 heteroatoms. The van der Waals surface area contributed by atoms with Gasteiger partial charge in [0.15, 0.2) is 0 Å². The molecule has 1 N–H and O–H groups in total. The number of benzene rings is 1. The van der Waals surface area contributed by atoms with E-state index in [0.29, 0.717) is 10.6 Å². The predicted molar refractivity (Wildman–Crippen MR) is 83.2 cm³/mol. The SMILES string of the molecule is CC(C)(C)OC(=O)NC(CS(=O)(=O)Cl)c1ccc(Cl)cc1. The van der Waals surface area contributed by atoms with E-state index in [1.54, 1.807) is 45.0 Å². The number of ether oxygens (including phenoxy) is 1. The molecular formula is C13H17Cl2NO4S. The number of alkyl carbamates (subject to hydrolysis) is 1. The summed E-state index contributed by atoms with van der Waals surface area (Å²) in [6.07, 6.45) is -0.720. The van der Waals surface area contributed by atoms with Gasteiger partial charge in [-0.15, -0.1) is 0 Å². The zero-order valence-corrected chi connectivity index (χ0v) is 14.2. The molecule has 0 aliphatic heterocycles. The van der Waals surface area contributed by atoms with Gasteiger partial charge in [-0.2, -0.15) is 0 Å². The number of amides is 1. The van der Waals surface area contributed by atoms with Crippen LogP contribution in [0.2, 0.25) is 5.02 Å². The van der Waals surface area contributed by atoms with Crippen molar-refractivity contribution in [3.05, 3.63) is 34.9 Å². The topological polar surface area (TPSA) is 72.5 Å². The molecule has 0 spiro atoms. The number of halogens is 2. The minimum Gasteiger partial charge on any atom is -0.444 e. The van der Waals surface area contributed by atoms with E-state index in [1.807, 2.05) is 0 Å². The Labute approximate surface area is 134 Å². The lowest BCUT2D eigenvalue weighted by Crippen LogP contribution is -2.37. The fraction of sp³-hybridized carbons (Fsp3) is 0.462.